The predicted octanol–water partition coefficient (Wildman–Crippen LogP) is 2.74. The van der Waals surface area contributed by atoms with Gasteiger partial charge in [0.1, 0.15) is 5.76 Å². The Kier molecular flexibility index (Phi) is 8.61. The topological polar surface area (TPSA) is 102 Å². The van der Waals surface area contributed by atoms with E-state index < -0.39 is 15.6 Å². The molecule has 1 unspecified atom stereocenters. The summed E-state index contributed by atoms with van der Waals surface area (Å²) in [6.07, 6.45) is 5.73. The van der Waals surface area contributed by atoms with Gasteiger partial charge in [-0.05, 0) is 53.0 Å². The van der Waals surface area contributed by atoms with Gasteiger partial charge in [-0.25, -0.2) is 12.7 Å². The molecule has 0 saturated carbocycles. The Hall–Kier alpha value is -1.33. The maximum atomic E-state index is 13.3. The van der Waals surface area contributed by atoms with Gasteiger partial charge in [0.05, 0.1) is 30.5 Å². The fraction of sp³-hybridized carbons (Fsp3) is 0.833. The summed E-state index contributed by atoms with van der Waals surface area (Å²) >= 11 is 0. The highest BCUT2D eigenvalue weighted by Gasteiger charge is 2.39. The molecule has 0 aromatic carbocycles. The second-order valence-electron chi connectivity index (χ2n) is 10.8. The molecule has 3 rings (SSSR count). The number of ether oxygens (including phenoxy) is 2. The standard InChI is InChI=1S/C24H41N3O6S/c1-23(2,17-32-22-9-7-8-14-31-22)20-15-19(33-25-20)16-21(28)24(3,4)26(5)18-10-12-27(13-11-18)34(6,29)30/h15,18,22H,7-14,16-17H2,1-6H3. The molecule has 1 aromatic rings. The van der Waals surface area contributed by atoms with Crippen LogP contribution in [0, 0.1) is 0 Å². The lowest BCUT2D eigenvalue weighted by Crippen LogP contribution is -2.56. The number of hydrogen-bond donors (Lipinski definition) is 0. The number of aromatic nitrogens is 1. The second-order valence-corrected chi connectivity index (χ2v) is 12.8. The molecular formula is C24H41N3O6S. The van der Waals surface area contributed by atoms with Gasteiger partial charge in [0.2, 0.25) is 10.0 Å². The van der Waals surface area contributed by atoms with Crippen molar-refractivity contribution in [3.8, 4) is 0 Å². The summed E-state index contributed by atoms with van der Waals surface area (Å²) in [5.74, 6) is 0.572. The molecule has 34 heavy (non-hydrogen) atoms. The molecule has 0 bridgehead atoms. The molecule has 2 aliphatic rings. The smallest absolute Gasteiger partial charge is 0.211 e. The molecule has 194 valence electrons. The zero-order chi connectivity index (χ0) is 25.1. The predicted molar refractivity (Wildman–Crippen MR) is 129 cm³/mol. The van der Waals surface area contributed by atoms with E-state index >= 15 is 0 Å². The summed E-state index contributed by atoms with van der Waals surface area (Å²) in [6, 6.07) is 1.99. The first kappa shape index (κ1) is 27.3. The summed E-state index contributed by atoms with van der Waals surface area (Å²) in [5, 5.41) is 4.23. The zero-order valence-electron chi connectivity index (χ0n) is 21.5. The molecule has 0 radical (unpaired) electrons. The molecule has 2 saturated heterocycles. The van der Waals surface area contributed by atoms with Crippen molar-refractivity contribution in [1.29, 1.82) is 0 Å². The highest BCUT2D eigenvalue weighted by Crippen LogP contribution is 2.28. The number of hydrogen-bond acceptors (Lipinski definition) is 8. The lowest BCUT2D eigenvalue weighted by molar-refractivity contribution is -0.170. The summed E-state index contributed by atoms with van der Waals surface area (Å²) in [5.41, 5.74) is -0.335. The summed E-state index contributed by atoms with van der Waals surface area (Å²) in [6.45, 7) is 10.1. The molecule has 9 nitrogen and oxygen atoms in total. The number of likely N-dealkylation sites (N-methyl/N-ethyl adjacent to an activating group) is 1. The van der Waals surface area contributed by atoms with Crippen LogP contribution in [0.25, 0.3) is 0 Å². The van der Waals surface area contributed by atoms with Gasteiger partial charge in [0, 0.05) is 37.2 Å². The third-order valence-electron chi connectivity index (χ3n) is 7.36. The average molecular weight is 500 g/mol. The van der Waals surface area contributed by atoms with Crippen molar-refractivity contribution < 1.29 is 27.2 Å². The van der Waals surface area contributed by atoms with Crippen LogP contribution in [0.5, 0.6) is 0 Å². The Balaban J connectivity index is 1.56. The van der Waals surface area contributed by atoms with E-state index in [1.807, 2.05) is 40.8 Å². The van der Waals surface area contributed by atoms with Crippen LogP contribution in [0.3, 0.4) is 0 Å². The minimum atomic E-state index is -3.18. The molecule has 1 atom stereocenters. The third kappa shape index (κ3) is 6.66. The van der Waals surface area contributed by atoms with Crippen molar-refractivity contribution in [2.75, 3.05) is 39.6 Å². The molecule has 0 aliphatic carbocycles. The Morgan fingerprint density at radius 1 is 1.21 bits per heavy atom. The van der Waals surface area contributed by atoms with Crippen molar-refractivity contribution >= 4 is 15.8 Å². The maximum Gasteiger partial charge on any atom is 0.211 e. The fourth-order valence-electron chi connectivity index (χ4n) is 4.52. The molecule has 1 aromatic heterocycles. The Labute approximate surface area is 204 Å². The minimum Gasteiger partial charge on any atom is -0.361 e. The highest BCUT2D eigenvalue weighted by molar-refractivity contribution is 7.88. The van der Waals surface area contributed by atoms with E-state index in [1.54, 1.807) is 0 Å². The van der Waals surface area contributed by atoms with Crippen LogP contribution in [0.1, 0.15) is 71.3 Å². The van der Waals surface area contributed by atoms with Crippen LogP contribution in [0.2, 0.25) is 0 Å². The van der Waals surface area contributed by atoms with Crippen LogP contribution >= 0.6 is 0 Å². The van der Waals surface area contributed by atoms with Gasteiger partial charge in [-0.2, -0.15) is 0 Å². The number of ketones is 1. The minimum absolute atomic E-state index is 0.0351. The van der Waals surface area contributed by atoms with Crippen molar-refractivity contribution in [2.45, 2.75) is 89.5 Å². The van der Waals surface area contributed by atoms with E-state index in [4.69, 9.17) is 14.0 Å². The van der Waals surface area contributed by atoms with E-state index in [1.165, 1.54) is 10.6 Å². The van der Waals surface area contributed by atoms with Gasteiger partial charge in [-0.15, -0.1) is 0 Å². The van der Waals surface area contributed by atoms with E-state index in [-0.39, 0.29) is 30.0 Å². The molecule has 3 heterocycles. The van der Waals surface area contributed by atoms with Gasteiger partial charge in [0.15, 0.2) is 12.1 Å². The molecular weight excluding hydrogens is 458 g/mol. The SMILES string of the molecule is CN(C1CCN(S(C)(=O)=O)CC1)C(C)(C)C(=O)Cc1cc(C(C)(C)COC2CCCCO2)no1. The monoisotopic (exact) mass is 499 g/mol. The zero-order valence-corrected chi connectivity index (χ0v) is 22.3. The molecule has 0 N–H and O–H groups in total. The van der Waals surface area contributed by atoms with Gasteiger partial charge in [0.25, 0.3) is 0 Å². The first-order chi connectivity index (χ1) is 15.8. The number of piperidine rings is 1. The van der Waals surface area contributed by atoms with Gasteiger partial charge in [-0.3, -0.25) is 9.69 Å². The van der Waals surface area contributed by atoms with Crippen LogP contribution in [-0.2, 0) is 36.1 Å². The number of Topliss-reactive ketones (excluding diaryl/α,β-unsaturated/α-hetero) is 1. The average Bonchev–Trinajstić information content (AvgIpc) is 3.27. The molecule has 0 spiro atoms. The molecule has 2 fully saturated rings. The lowest BCUT2D eigenvalue weighted by Gasteiger charge is -2.43. The van der Waals surface area contributed by atoms with Gasteiger partial charge < -0.3 is 14.0 Å². The number of nitrogens with zero attached hydrogens (tertiary/aromatic N) is 3. The number of sulfonamides is 1. The largest absolute Gasteiger partial charge is 0.361 e. The van der Waals surface area contributed by atoms with E-state index in [0.29, 0.717) is 38.3 Å². The first-order valence-electron chi connectivity index (χ1n) is 12.2. The molecule has 10 heteroatoms. The van der Waals surface area contributed by atoms with Crippen molar-refractivity contribution in [3.05, 3.63) is 17.5 Å². The summed E-state index contributed by atoms with van der Waals surface area (Å²) in [4.78, 5) is 15.3. The molecule has 0 amide bonds. The van der Waals surface area contributed by atoms with Crippen LogP contribution < -0.4 is 0 Å². The van der Waals surface area contributed by atoms with Gasteiger partial charge >= 0.3 is 0 Å². The number of rotatable bonds is 10. The third-order valence-corrected chi connectivity index (χ3v) is 8.66. The van der Waals surface area contributed by atoms with Crippen LogP contribution in [-0.4, -0.2) is 86.0 Å². The highest BCUT2D eigenvalue weighted by atomic mass is 32.2. The quantitative estimate of drug-likeness (QED) is 0.484. The van der Waals surface area contributed by atoms with Crippen LogP contribution in [0.15, 0.2) is 10.6 Å². The second kappa shape index (κ2) is 10.7. The van der Waals surface area contributed by atoms with Crippen LogP contribution in [0.4, 0.5) is 0 Å². The maximum absolute atomic E-state index is 13.3. The lowest BCUT2D eigenvalue weighted by atomic mass is 9.88. The fourth-order valence-corrected chi connectivity index (χ4v) is 5.40. The van der Waals surface area contributed by atoms with Gasteiger partial charge in [-0.1, -0.05) is 19.0 Å². The van der Waals surface area contributed by atoms with Crippen molar-refractivity contribution in [3.63, 3.8) is 0 Å². The normalized spacial score (nSPS) is 21.8. The van der Waals surface area contributed by atoms with Crippen molar-refractivity contribution in [1.82, 2.24) is 14.4 Å². The summed E-state index contributed by atoms with van der Waals surface area (Å²) in [7, 11) is -1.23. The number of carbonyl (C=O) groups is 1. The molecule has 2 aliphatic heterocycles. The first-order valence-corrected chi connectivity index (χ1v) is 14.1. The Bertz CT molecular complexity index is 928. The summed E-state index contributed by atoms with van der Waals surface area (Å²) < 4.78 is 42.2. The van der Waals surface area contributed by atoms with E-state index in [0.717, 1.165) is 31.6 Å². The Morgan fingerprint density at radius 2 is 1.88 bits per heavy atom. The van der Waals surface area contributed by atoms with E-state index in [2.05, 4.69) is 10.1 Å². The Morgan fingerprint density at radius 3 is 2.47 bits per heavy atom. The number of carbonyl (C=O) groups excluding carboxylic acids is 1. The van der Waals surface area contributed by atoms with Crippen molar-refractivity contribution in [2.24, 2.45) is 0 Å². The van der Waals surface area contributed by atoms with E-state index in [9.17, 15) is 13.2 Å².